The molecular formula is C16H24N4. The van der Waals surface area contributed by atoms with Crippen molar-refractivity contribution in [1.29, 1.82) is 0 Å². The van der Waals surface area contributed by atoms with E-state index in [0.717, 1.165) is 50.9 Å². The third-order valence-corrected chi connectivity index (χ3v) is 4.38. The van der Waals surface area contributed by atoms with Crippen molar-refractivity contribution < 1.29 is 0 Å². The van der Waals surface area contributed by atoms with Crippen molar-refractivity contribution in [2.24, 2.45) is 10.9 Å². The van der Waals surface area contributed by atoms with Crippen molar-refractivity contribution in [1.82, 2.24) is 9.88 Å². The maximum absolute atomic E-state index is 4.69. The molecule has 0 N–H and O–H groups in total. The molecule has 3 heterocycles. The molecule has 20 heavy (non-hydrogen) atoms. The zero-order valence-corrected chi connectivity index (χ0v) is 12.5. The molecule has 4 heteroatoms. The molecule has 0 radical (unpaired) electrons. The second kappa shape index (κ2) is 5.92. The minimum Gasteiger partial charge on any atom is -0.354 e. The zero-order chi connectivity index (χ0) is 13.9. The Labute approximate surface area is 121 Å². The van der Waals surface area contributed by atoms with E-state index in [0.29, 0.717) is 0 Å². The van der Waals surface area contributed by atoms with Gasteiger partial charge in [-0.2, -0.15) is 0 Å². The highest BCUT2D eigenvalue weighted by molar-refractivity contribution is 6.00. The van der Waals surface area contributed by atoms with E-state index in [-0.39, 0.29) is 0 Å². The van der Waals surface area contributed by atoms with Gasteiger partial charge in [-0.1, -0.05) is 6.92 Å². The van der Waals surface area contributed by atoms with Crippen LogP contribution < -0.4 is 4.90 Å². The Balaban J connectivity index is 1.68. The molecule has 3 rings (SSSR count). The van der Waals surface area contributed by atoms with Gasteiger partial charge in [-0.15, -0.1) is 0 Å². The Bertz CT molecular complexity index is 472. The SMILES string of the molecule is CC1CCC(c2ccc(N3CCN(C)CC3)nc2)=NC1. The van der Waals surface area contributed by atoms with Gasteiger partial charge in [0.05, 0.1) is 0 Å². The molecule has 1 aromatic rings. The molecule has 1 atom stereocenters. The van der Waals surface area contributed by atoms with Crippen molar-refractivity contribution in [3.05, 3.63) is 23.9 Å². The van der Waals surface area contributed by atoms with Crippen LogP contribution in [0.15, 0.2) is 23.3 Å². The molecule has 2 aliphatic heterocycles. The van der Waals surface area contributed by atoms with Crippen LogP contribution in [0, 0.1) is 5.92 Å². The maximum Gasteiger partial charge on any atom is 0.128 e. The first kappa shape index (κ1) is 13.6. The van der Waals surface area contributed by atoms with Crippen molar-refractivity contribution in [3.63, 3.8) is 0 Å². The first-order valence-electron chi connectivity index (χ1n) is 7.65. The van der Waals surface area contributed by atoms with Crippen LogP contribution in [0.4, 0.5) is 5.82 Å². The first-order valence-corrected chi connectivity index (χ1v) is 7.65. The van der Waals surface area contributed by atoms with Crippen LogP contribution in [0.25, 0.3) is 0 Å². The smallest absolute Gasteiger partial charge is 0.128 e. The number of aliphatic imine (C=N–C) groups is 1. The normalized spacial score (nSPS) is 24.6. The minimum atomic E-state index is 0.733. The summed E-state index contributed by atoms with van der Waals surface area (Å²) in [5, 5.41) is 0. The highest BCUT2D eigenvalue weighted by atomic mass is 15.3. The van der Waals surface area contributed by atoms with Gasteiger partial charge in [0.15, 0.2) is 0 Å². The molecule has 0 bridgehead atoms. The Hall–Kier alpha value is -1.42. The minimum absolute atomic E-state index is 0.733. The van der Waals surface area contributed by atoms with E-state index in [2.05, 4.69) is 45.9 Å². The van der Waals surface area contributed by atoms with Crippen LogP contribution in [-0.4, -0.2) is 55.4 Å². The van der Waals surface area contributed by atoms with Crippen LogP contribution in [0.5, 0.6) is 0 Å². The van der Waals surface area contributed by atoms with Gasteiger partial charge in [0.25, 0.3) is 0 Å². The highest BCUT2D eigenvalue weighted by Crippen LogP contribution is 2.19. The lowest BCUT2D eigenvalue weighted by Crippen LogP contribution is -2.44. The van der Waals surface area contributed by atoms with Crippen molar-refractivity contribution in [2.45, 2.75) is 19.8 Å². The maximum atomic E-state index is 4.69. The van der Waals surface area contributed by atoms with E-state index in [4.69, 9.17) is 0 Å². The standard InChI is InChI=1S/C16H24N4/c1-13-3-5-15(17-11-13)14-4-6-16(18-12-14)20-9-7-19(2)8-10-20/h4,6,12-13H,3,5,7-11H2,1-2H3. The number of piperazine rings is 1. The Morgan fingerprint density at radius 1 is 1.15 bits per heavy atom. The number of nitrogens with zero attached hydrogens (tertiary/aromatic N) is 4. The summed E-state index contributed by atoms with van der Waals surface area (Å²) in [6, 6.07) is 4.34. The molecule has 0 spiro atoms. The fraction of sp³-hybridized carbons (Fsp3) is 0.625. The summed E-state index contributed by atoms with van der Waals surface area (Å²) < 4.78 is 0. The van der Waals surface area contributed by atoms with E-state index in [1.54, 1.807) is 0 Å². The van der Waals surface area contributed by atoms with Gasteiger partial charge in [0, 0.05) is 50.2 Å². The zero-order valence-electron chi connectivity index (χ0n) is 12.5. The van der Waals surface area contributed by atoms with Crippen LogP contribution >= 0.6 is 0 Å². The summed E-state index contributed by atoms with van der Waals surface area (Å²) in [5.74, 6) is 1.84. The Morgan fingerprint density at radius 2 is 1.95 bits per heavy atom. The molecule has 1 saturated heterocycles. The average Bonchev–Trinajstić information content (AvgIpc) is 2.49. The number of aromatic nitrogens is 1. The van der Waals surface area contributed by atoms with Gasteiger partial charge in [0.1, 0.15) is 5.82 Å². The molecule has 1 aromatic heterocycles. The fourth-order valence-corrected chi connectivity index (χ4v) is 2.83. The summed E-state index contributed by atoms with van der Waals surface area (Å²) in [5.41, 5.74) is 2.44. The number of hydrogen-bond acceptors (Lipinski definition) is 4. The number of anilines is 1. The molecule has 4 nitrogen and oxygen atoms in total. The summed E-state index contributed by atoms with van der Waals surface area (Å²) in [6.45, 7) is 7.62. The molecule has 0 aliphatic carbocycles. The summed E-state index contributed by atoms with van der Waals surface area (Å²) in [7, 11) is 2.18. The second-order valence-electron chi connectivity index (χ2n) is 6.13. The topological polar surface area (TPSA) is 31.7 Å². The predicted molar refractivity (Wildman–Crippen MR) is 83.7 cm³/mol. The van der Waals surface area contributed by atoms with Crippen LogP contribution in [0.1, 0.15) is 25.3 Å². The highest BCUT2D eigenvalue weighted by Gasteiger charge is 2.16. The van der Waals surface area contributed by atoms with Gasteiger partial charge in [-0.25, -0.2) is 4.98 Å². The lowest BCUT2D eigenvalue weighted by molar-refractivity contribution is 0.312. The number of hydrogen-bond donors (Lipinski definition) is 0. The molecule has 1 fully saturated rings. The third kappa shape index (κ3) is 3.01. The summed E-state index contributed by atoms with van der Waals surface area (Å²) in [4.78, 5) is 14.1. The number of rotatable bonds is 2. The molecule has 1 unspecified atom stereocenters. The quantitative estimate of drug-likeness (QED) is 0.826. The first-order chi connectivity index (χ1) is 9.72. The second-order valence-corrected chi connectivity index (χ2v) is 6.13. The largest absolute Gasteiger partial charge is 0.354 e. The van der Waals surface area contributed by atoms with E-state index >= 15 is 0 Å². The number of likely N-dealkylation sites (N-methyl/N-ethyl adjacent to an activating group) is 1. The molecule has 0 aromatic carbocycles. The van der Waals surface area contributed by atoms with Gasteiger partial charge in [0.2, 0.25) is 0 Å². The van der Waals surface area contributed by atoms with Gasteiger partial charge in [-0.3, -0.25) is 4.99 Å². The van der Waals surface area contributed by atoms with E-state index < -0.39 is 0 Å². The Morgan fingerprint density at radius 3 is 2.55 bits per heavy atom. The monoisotopic (exact) mass is 272 g/mol. The van der Waals surface area contributed by atoms with Crippen LogP contribution in [-0.2, 0) is 0 Å². The molecule has 0 amide bonds. The molecule has 108 valence electrons. The number of pyridine rings is 1. The van der Waals surface area contributed by atoms with E-state index in [1.165, 1.54) is 17.7 Å². The van der Waals surface area contributed by atoms with Gasteiger partial charge < -0.3 is 9.80 Å². The molecular weight excluding hydrogens is 248 g/mol. The summed E-state index contributed by atoms with van der Waals surface area (Å²) >= 11 is 0. The predicted octanol–water partition coefficient (Wildman–Crippen LogP) is 2.05. The molecule has 0 saturated carbocycles. The van der Waals surface area contributed by atoms with E-state index in [1.807, 2.05) is 6.20 Å². The van der Waals surface area contributed by atoms with Gasteiger partial charge >= 0.3 is 0 Å². The average molecular weight is 272 g/mol. The van der Waals surface area contributed by atoms with Crippen LogP contribution in [0.2, 0.25) is 0 Å². The lowest BCUT2D eigenvalue weighted by Gasteiger charge is -2.33. The van der Waals surface area contributed by atoms with Crippen molar-refractivity contribution >= 4 is 11.5 Å². The van der Waals surface area contributed by atoms with Crippen molar-refractivity contribution in [3.8, 4) is 0 Å². The van der Waals surface area contributed by atoms with Crippen LogP contribution in [0.3, 0.4) is 0 Å². The fourth-order valence-electron chi connectivity index (χ4n) is 2.83. The third-order valence-electron chi connectivity index (χ3n) is 4.38. The molecule has 2 aliphatic rings. The summed E-state index contributed by atoms with van der Waals surface area (Å²) in [6.07, 6.45) is 4.35. The lowest BCUT2D eigenvalue weighted by atomic mass is 9.97. The van der Waals surface area contributed by atoms with Gasteiger partial charge in [-0.05, 0) is 37.9 Å². The van der Waals surface area contributed by atoms with Crippen molar-refractivity contribution in [2.75, 3.05) is 44.7 Å². The Kier molecular flexibility index (Phi) is 4.01. The van der Waals surface area contributed by atoms with E-state index in [9.17, 15) is 0 Å².